The molecule has 3 N–H and O–H groups in total. The fraction of sp³-hybridized carbons (Fsp3) is 0.366. The molecule has 4 aromatic rings. The molecule has 8 bridgehead atoms. The molecule has 5 heteroatoms. The van der Waals surface area contributed by atoms with Crippen molar-refractivity contribution >= 4 is 46.4 Å². The molecule has 3 aromatic heterocycles. The third-order valence-electron chi connectivity index (χ3n) is 9.33. The molecule has 1 aromatic carbocycles. The highest BCUT2D eigenvalue weighted by atomic mass is 16.3. The van der Waals surface area contributed by atoms with Gasteiger partial charge in [0.15, 0.2) is 0 Å². The molecular formula is C41H48N4O. The molecule has 0 saturated carbocycles. The average Bonchev–Trinajstić information content (AvgIpc) is 3.89. The number of rotatable bonds is 13. The lowest BCUT2D eigenvalue weighted by Gasteiger charge is -2.06. The molecule has 0 radical (unpaired) electrons. The molecule has 238 valence electrons. The van der Waals surface area contributed by atoms with Crippen LogP contribution in [0.25, 0.3) is 57.5 Å². The first kappa shape index (κ1) is 31.6. The fourth-order valence-electron chi connectivity index (χ4n) is 6.76. The molecule has 0 atom stereocenters. The van der Waals surface area contributed by atoms with E-state index in [1.54, 1.807) is 12.1 Å². The van der Waals surface area contributed by atoms with Crippen molar-refractivity contribution in [1.29, 1.82) is 0 Å². The Bertz CT molecular complexity index is 1880. The number of phenolic OH excluding ortho intramolecular Hbond substituents is 1. The minimum atomic E-state index is 0.255. The highest BCUT2D eigenvalue weighted by molar-refractivity contribution is 5.92. The van der Waals surface area contributed by atoms with Crippen LogP contribution in [-0.2, 0) is 19.3 Å². The van der Waals surface area contributed by atoms with Crippen LogP contribution in [0.15, 0.2) is 48.5 Å². The zero-order valence-corrected chi connectivity index (χ0v) is 27.8. The normalized spacial score (nSPS) is 12.3. The predicted molar refractivity (Wildman–Crippen MR) is 196 cm³/mol. The standard InChI is InChI=1S/C41H48N4O/c1-4-7-10-13-30-33-20-22-35(42-33)31(14-11-8-5-2)37-24-26-39(44-37)41(28-16-18-29(46)19-17-28)40-27-25-38(45-40)32(15-12-9-6-3)36-23-21-34(30)43-36/h16-27,42,45-46H,4-15H2,1-3H3. The van der Waals surface area contributed by atoms with E-state index in [9.17, 15) is 5.11 Å². The van der Waals surface area contributed by atoms with Crippen molar-refractivity contribution in [3.63, 3.8) is 0 Å². The Morgan fingerprint density at radius 2 is 0.870 bits per heavy atom. The Labute approximate surface area is 273 Å². The molecule has 46 heavy (non-hydrogen) atoms. The van der Waals surface area contributed by atoms with Gasteiger partial charge in [0.2, 0.25) is 0 Å². The van der Waals surface area contributed by atoms with Crippen LogP contribution in [0, 0.1) is 0 Å². The van der Waals surface area contributed by atoms with E-state index >= 15 is 0 Å². The minimum Gasteiger partial charge on any atom is -0.508 e. The molecule has 5 nitrogen and oxygen atoms in total. The van der Waals surface area contributed by atoms with Gasteiger partial charge in [-0.15, -0.1) is 0 Å². The number of aromatic hydroxyl groups is 1. The highest BCUT2D eigenvalue weighted by Crippen LogP contribution is 2.33. The Morgan fingerprint density at radius 1 is 0.478 bits per heavy atom. The Balaban J connectivity index is 1.69. The van der Waals surface area contributed by atoms with Gasteiger partial charge in [0.1, 0.15) is 5.75 Å². The van der Waals surface area contributed by atoms with E-state index in [2.05, 4.69) is 79.3 Å². The lowest BCUT2D eigenvalue weighted by Crippen LogP contribution is -1.95. The van der Waals surface area contributed by atoms with E-state index < -0.39 is 0 Å². The van der Waals surface area contributed by atoms with Gasteiger partial charge in [-0.3, -0.25) is 0 Å². The molecular weight excluding hydrogens is 564 g/mol. The predicted octanol–water partition coefficient (Wildman–Crippen LogP) is 11.2. The van der Waals surface area contributed by atoms with Crippen molar-refractivity contribution in [2.24, 2.45) is 0 Å². The van der Waals surface area contributed by atoms with Crippen LogP contribution in [0.5, 0.6) is 5.75 Å². The third kappa shape index (κ3) is 6.89. The zero-order valence-electron chi connectivity index (χ0n) is 27.8. The summed E-state index contributed by atoms with van der Waals surface area (Å²) in [5.74, 6) is 0.255. The SMILES string of the molecule is CCCCCc1c2nc(c(CCCCC)c3ccc([nH]3)c(-c3ccc(O)cc3)c3nc(c(CCCCC)c4ccc1[nH]4)C=C3)C=C2. The second-order valence-electron chi connectivity index (χ2n) is 12.7. The summed E-state index contributed by atoms with van der Waals surface area (Å²) in [6, 6.07) is 16.4. The average molecular weight is 613 g/mol. The lowest BCUT2D eigenvalue weighted by molar-refractivity contribution is 0.475. The minimum absolute atomic E-state index is 0.255. The van der Waals surface area contributed by atoms with Gasteiger partial charge in [-0.1, -0.05) is 71.4 Å². The Kier molecular flexibility index (Phi) is 10.2. The summed E-state index contributed by atoms with van der Waals surface area (Å²) in [7, 11) is 0. The molecule has 2 aliphatic heterocycles. The molecule has 6 rings (SSSR count). The number of hydrogen-bond donors (Lipinski definition) is 3. The van der Waals surface area contributed by atoms with Crippen molar-refractivity contribution < 1.29 is 5.11 Å². The molecule has 0 spiro atoms. The summed E-state index contributed by atoms with van der Waals surface area (Å²) >= 11 is 0. The number of unbranched alkanes of at least 4 members (excludes halogenated alkanes) is 6. The number of nitrogens with zero attached hydrogens (tertiary/aromatic N) is 2. The highest BCUT2D eigenvalue weighted by Gasteiger charge is 2.17. The summed E-state index contributed by atoms with van der Waals surface area (Å²) in [6.07, 6.45) is 22.2. The monoisotopic (exact) mass is 612 g/mol. The quantitative estimate of drug-likeness (QED) is 0.114. The first-order valence-corrected chi connectivity index (χ1v) is 17.5. The molecule has 0 fully saturated rings. The van der Waals surface area contributed by atoms with Crippen LogP contribution in [-0.4, -0.2) is 25.0 Å². The molecule has 0 unspecified atom stereocenters. The van der Waals surface area contributed by atoms with Gasteiger partial charge >= 0.3 is 0 Å². The van der Waals surface area contributed by atoms with Crippen molar-refractivity contribution in [1.82, 2.24) is 19.9 Å². The van der Waals surface area contributed by atoms with Crippen molar-refractivity contribution in [3.05, 3.63) is 88.0 Å². The van der Waals surface area contributed by atoms with E-state index in [1.165, 1.54) is 55.2 Å². The summed E-state index contributed by atoms with van der Waals surface area (Å²) < 4.78 is 0. The zero-order chi connectivity index (χ0) is 31.9. The summed E-state index contributed by atoms with van der Waals surface area (Å²) in [6.45, 7) is 6.77. The summed E-state index contributed by atoms with van der Waals surface area (Å²) in [5, 5.41) is 10.1. The summed E-state index contributed by atoms with van der Waals surface area (Å²) in [5.41, 5.74) is 14.3. The van der Waals surface area contributed by atoms with Crippen LogP contribution in [0.4, 0.5) is 0 Å². The molecule has 0 saturated heterocycles. The number of nitrogens with one attached hydrogen (secondary N) is 2. The van der Waals surface area contributed by atoms with E-state index in [4.69, 9.17) is 9.97 Å². The smallest absolute Gasteiger partial charge is 0.115 e. The van der Waals surface area contributed by atoms with Crippen LogP contribution in [0.3, 0.4) is 0 Å². The van der Waals surface area contributed by atoms with Crippen LogP contribution in [0.1, 0.15) is 118 Å². The van der Waals surface area contributed by atoms with Gasteiger partial charge in [0.25, 0.3) is 0 Å². The second-order valence-corrected chi connectivity index (χ2v) is 12.7. The Morgan fingerprint density at radius 3 is 1.33 bits per heavy atom. The van der Waals surface area contributed by atoms with Gasteiger partial charge < -0.3 is 15.1 Å². The third-order valence-corrected chi connectivity index (χ3v) is 9.33. The maximum Gasteiger partial charge on any atom is 0.115 e. The molecule has 0 amide bonds. The number of hydrogen-bond acceptors (Lipinski definition) is 3. The number of phenols is 1. The van der Waals surface area contributed by atoms with Crippen LogP contribution in [0.2, 0.25) is 0 Å². The number of aryl methyl sites for hydroxylation is 3. The number of benzene rings is 1. The maximum atomic E-state index is 10.1. The Hall–Kier alpha value is -4.38. The van der Waals surface area contributed by atoms with Gasteiger partial charge in [0.05, 0.1) is 22.8 Å². The van der Waals surface area contributed by atoms with Gasteiger partial charge in [-0.2, -0.15) is 0 Å². The van der Waals surface area contributed by atoms with E-state index in [-0.39, 0.29) is 5.75 Å². The maximum absolute atomic E-state index is 10.1. The molecule has 0 aliphatic carbocycles. The van der Waals surface area contributed by atoms with Gasteiger partial charge in [-0.25, -0.2) is 9.97 Å². The number of aromatic nitrogens is 4. The fourth-order valence-corrected chi connectivity index (χ4v) is 6.76. The lowest BCUT2D eigenvalue weighted by atomic mass is 10.0. The van der Waals surface area contributed by atoms with Crippen molar-refractivity contribution in [2.45, 2.75) is 97.8 Å². The molecule has 2 aliphatic rings. The van der Waals surface area contributed by atoms with Crippen molar-refractivity contribution in [2.75, 3.05) is 0 Å². The van der Waals surface area contributed by atoms with E-state index in [0.717, 1.165) is 94.5 Å². The number of H-pyrrole nitrogens is 2. The summed E-state index contributed by atoms with van der Waals surface area (Å²) in [4.78, 5) is 18.3. The number of fused-ring (bicyclic) bond motifs is 8. The van der Waals surface area contributed by atoms with Crippen LogP contribution >= 0.6 is 0 Å². The van der Waals surface area contributed by atoms with Crippen molar-refractivity contribution in [3.8, 4) is 16.9 Å². The topological polar surface area (TPSA) is 77.6 Å². The van der Waals surface area contributed by atoms with Crippen LogP contribution < -0.4 is 0 Å². The number of aromatic amines is 2. The van der Waals surface area contributed by atoms with Gasteiger partial charge in [-0.05, 0) is 105 Å². The van der Waals surface area contributed by atoms with E-state index in [0.29, 0.717) is 0 Å². The van der Waals surface area contributed by atoms with Gasteiger partial charge in [0, 0.05) is 44.3 Å². The molecule has 5 heterocycles. The second kappa shape index (κ2) is 14.8. The first-order valence-electron chi connectivity index (χ1n) is 17.5. The van der Waals surface area contributed by atoms with E-state index in [1.807, 2.05) is 12.1 Å². The first-order chi connectivity index (χ1) is 22.6. The largest absolute Gasteiger partial charge is 0.508 e.